The summed E-state index contributed by atoms with van der Waals surface area (Å²) in [6.07, 6.45) is 0.523. The summed E-state index contributed by atoms with van der Waals surface area (Å²) < 4.78 is 5.50. The first kappa shape index (κ1) is 33.1. The molecule has 3 atom stereocenters. The molecule has 0 aliphatic heterocycles. The predicted octanol–water partition coefficient (Wildman–Crippen LogP) is 7.59. The number of benzene rings is 2. The summed E-state index contributed by atoms with van der Waals surface area (Å²) in [5.74, 6) is -0.971. The van der Waals surface area contributed by atoms with Gasteiger partial charge < -0.3 is 20.3 Å². The zero-order valence-electron chi connectivity index (χ0n) is 25.6. The van der Waals surface area contributed by atoms with Crippen LogP contribution in [-0.2, 0) is 14.3 Å². The molecule has 3 amide bonds. The molecule has 7 nitrogen and oxygen atoms in total. The molecule has 2 aromatic rings. The molecular weight excluding hydrogens is 526 g/mol. The molecule has 220 valence electrons. The third-order valence-electron chi connectivity index (χ3n) is 7.28. The van der Waals surface area contributed by atoms with E-state index in [1.165, 1.54) is 0 Å². The summed E-state index contributed by atoms with van der Waals surface area (Å²) >= 11 is 6.47. The van der Waals surface area contributed by atoms with E-state index < -0.39 is 35.2 Å². The Hall–Kier alpha value is -3.06. The largest absolute Gasteiger partial charge is 0.444 e. The van der Waals surface area contributed by atoms with Crippen molar-refractivity contribution >= 4 is 35.2 Å². The number of para-hydroxylation sites is 1. The average molecular weight is 572 g/mol. The minimum atomic E-state index is -0.995. The number of halogens is 1. The summed E-state index contributed by atoms with van der Waals surface area (Å²) in [4.78, 5) is 43.3. The number of nitrogens with one attached hydrogen (secondary N) is 2. The number of aryl methyl sites for hydroxylation is 2. The third kappa shape index (κ3) is 8.47. The second-order valence-corrected chi connectivity index (χ2v) is 12.5. The second kappa shape index (κ2) is 13.5. The van der Waals surface area contributed by atoms with Gasteiger partial charge in [0.05, 0.1) is 10.7 Å². The van der Waals surface area contributed by atoms with Crippen LogP contribution in [0.4, 0.5) is 10.5 Å². The number of ether oxygens (including phenoxy) is 1. The van der Waals surface area contributed by atoms with E-state index in [2.05, 4.69) is 10.6 Å². The average Bonchev–Trinajstić information content (AvgIpc) is 2.86. The maximum Gasteiger partial charge on any atom is 0.408 e. The van der Waals surface area contributed by atoms with E-state index >= 15 is 0 Å². The Bertz CT molecular complexity index is 1170. The zero-order chi connectivity index (χ0) is 30.4. The first-order chi connectivity index (χ1) is 18.5. The number of carbonyl (C=O) groups is 3. The quantitative estimate of drug-likeness (QED) is 0.307. The van der Waals surface area contributed by atoms with Crippen LogP contribution in [0.5, 0.6) is 0 Å². The van der Waals surface area contributed by atoms with Gasteiger partial charge in [0.1, 0.15) is 17.7 Å². The van der Waals surface area contributed by atoms with Gasteiger partial charge in [0.2, 0.25) is 5.91 Å². The number of amides is 3. The van der Waals surface area contributed by atoms with Crippen molar-refractivity contribution in [1.82, 2.24) is 10.2 Å². The predicted molar refractivity (Wildman–Crippen MR) is 163 cm³/mol. The Morgan fingerprint density at radius 2 is 1.57 bits per heavy atom. The van der Waals surface area contributed by atoms with Gasteiger partial charge in [-0.2, -0.15) is 0 Å². The fourth-order valence-electron chi connectivity index (χ4n) is 4.36. The maximum absolute atomic E-state index is 14.6. The zero-order valence-corrected chi connectivity index (χ0v) is 26.4. The number of anilines is 1. The van der Waals surface area contributed by atoms with Crippen LogP contribution in [0, 0.1) is 19.8 Å². The van der Waals surface area contributed by atoms with Crippen LogP contribution in [0.3, 0.4) is 0 Å². The van der Waals surface area contributed by atoms with Crippen molar-refractivity contribution in [2.45, 2.75) is 105 Å². The highest BCUT2D eigenvalue weighted by molar-refractivity contribution is 6.34. The molecule has 3 unspecified atom stereocenters. The SMILES string of the molecule is CCC(C)C(NC(=O)OC(C)(C)C)C(=O)N(C(C(=O)Nc1c(C)cccc1Cl)c1ccc(C)cc1)C(C)(C)CC. The van der Waals surface area contributed by atoms with Crippen molar-refractivity contribution in [3.05, 3.63) is 64.2 Å². The highest BCUT2D eigenvalue weighted by Gasteiger charge is 2.44. The van der Waals surface area contributed by atoms with E-state index in [-0.39, 0.29) is 11.8 Å². The summed E-state index contributed by atoms with van der Waals surface area (Å²) in [5.41, 5.74) is 1.51. The van der Waals surface area contributed by atoms with Gasteiger partial charge in [-0.15, -0.1) is 0 Å². The number of rotatable bonds is 10. The molecule has 2 N–H and O–H groups in total. The molecule has 8 heteroatoms. The van der Waals surface area contributed by atoms with Crippen LogP contribution < -0.4 is 10.6 Å². The second-order valence-electron chi connectivity index (χ2n) is 12.1. The van der Waals surface area contributed by atoms with Gasteiger partial charge in [-0.05, 0) is 78.0 Å². The van der Waals surface area contributed by atoms with Gasteiger partial charge in [0.25, 0.3) is 5.91 Å². The maximum atomic E-state index is 14.6. The van der Waals surface area contributed by atoms with Gasteiger partial charge in [-0.3, -0.25) is 9.59 Å². The summed E-state index contributed by atoms with van der Waals surface area (Å²) in [6.45, 7) is 18.9. The van der Waals surface area contributed by atoms with Gasteiger partial charge >= 0.3 is 6.09 Å². The molecular formula is C32H46ClN3O4. The smallest absolute Gasteiger partial charge is 0.408 e. The molecule has 0 spiro atoms. The monoisotopic (exact) mass is 571 g/mol. The minimum Gasteiger partial charge on any atom is -0.444 e. The van der Waals surface area contributed by atoms with Crippen LogP contribution >= 0.6 is 11.6 Å². The summed E-state index contributed by atoms with van der Waals surface area (Å²) in [5, 5.41) is 6.23. The van der Waals surface area contributed by atoms with Crippen molar-refractivity contribution in [2.75, 3.05) is 5.32 Å². The molecule has 40 heavy (non-hydrogen) atoms. The van der Waals surface area contributed by atoms with Gasteiger partial charge in [-0.25, -0.2) is 4.79 Å². The third-order valence-corrected chi connectivity index (χ3v) is 7.59. The van der Waals surface area contributed by atoms with E-state index in [0.717, 1.165) is 11.1 Å². The normalized spacial score (nSPS) is 14.1. The van der Waals surface area contributed by atoms with Gasteiger partial charge in [0, 0.05) is 5.54 Å². The molecule has 0 saturated heterocycles. The van der Waals surface area contributed by atoms with Crippen molar-refractivity contribution in [3.8, 4) is 0 Å². The number of alkyl carbamates (subject to hydrolysis) is 1. The molecule has 0 aliphatic rings. The lowest BCUT2D eigenvalue weighted by Crippen LogP contribution is -2.60. The fraction of sp³-hybridized carbons (Fsp3) is 0.531. The van der Waals surface area contributed by atoms with E-state index in [4.69, 9.17) is 16.3 Å². The Labute approximate surface area is 245 Å². The number of hydrogen-bond acceptors (Lipinski definition) is 4. The molecule has 0 fully saturated rings. The van der Waals surface area contributed by atoms with Crippen LogP contribution in [0.2, 0.25) is 5.02 Å². The Morgan fingerprint density at radius 3 is 2.08 bits per heavy atom. The molecule has 0 aliphatic carbocycles. The molecule has 0 bridgehead atoms. The molecule has 0 saturated carbocycles. The first-order valence-corrected chi connectivity index (χ1v) is 14.3. The number of carbonyl (C=O) groups excluding carboxylic acids is 3. The van der Waals surface area contributed by atoms with E-state index in [9.17, 15) is 14.4 Å². The molecule has 0 aromatic heterocycles. The lowest BCUT2D eigenvalue weighted by atomic mass is 9.89. The molecule has 0 radical (unpaired) electrons. The summed E-state index contributed by atoms with van der Waals surface area (Å²) in [7, 11) is 0. The van der Waals surface area contributed by atoms with Crippen LogP contribution in [-0.4, -0.2) is 40.0 Å². The Morgan fingerprint density at radius 1 is 0.975 bits per heavy atom. The minimum absolute atomic E-state index is 0.220. The van der Waals surface area contributed by atoms with Crippen molar-refractivity contribution < 1.29 is 19.1 Å². The first-order valence-electron chi connectivity index (χ1n) is 14.0. The molecule has 2 rings (SSSR count). The van der Waals surface area contributed by atoms with E-state index in [1.807, 2.05) is 84.9 Å². The van der Waals surface area contributed by atoms with Crippen molar-refractivity contribution in [1.29, 1.82) is 0 Å². The fourth-order valence-corrected chi connectivity index (χ4v) is 4.63. The number of nitrogens with zero attached hydrogens (tertiary/aromatic N) is 1. The highest BCUT2D eigenvalue weighted by Crippen LogP contribution is 2.35. The Balaban J connectivity index is 2.69. The van der Waals surface area contributed by atoms with E-state index in [0.29, 0.717) is 29.1 Å². The van der Waals surface area contributed by atoms with Gasteiger partial charge in [-0.1, -0.05) is 80.8 Å². The lowest BCUT2D eigenvalue weighted by molar-refractivity contribution is -0.148. The van der Waals surface area contributed by atoms with Crippen LogP contribution in [0.1, 0.15) is 91.0 Å². The van der Waals surface area contributed by atoms with Crippen LogP contribution in [0.15, 0.2) is 42.5 Å². The van der Waals surface area contributed by atoms with Crippen LogP contribution in [0.25, 0.3) is 0 Å². The number of hydrogen-bond donors (Lipinski definition) is 2. The van der Waals surface area contributed by atoms with Gasteiger partial charge in [0.15, 0.2) is 0 Å². The standard InChI is InChI=1S/C32H46ClN3O4/c1-11-21(4)26(35-30(39)40-31(6,7)8)29(38)36(32(9,10)12-2)27(23-18-16-20(3)17-19-23)28(37)34-25-22(5)14-13-15-24(25)33/h13-19,21,26-27H,11-12H2,1-10H3,(H,34,37)(H,35,39). The molecule has 0 heterocycles. The van der Waals surface area contributed by atoms with Crippen molar-refractivity contribution in [2.24, 2.45) is 5.92 Å². The lowest BCUT2D eigenvalue weighted by Gasteiger charge is -2.45. The Kier molecular flexibility index (Phi) is 11.2. The van der Waals surface area contributed by atoms with Crippen molar-refractivity contribution in [3.63, 3.8) is 0 Å². The molecule has 2 aromatic carbocycles. The topological polar surface area (TPSA) is 87.7 Å². The van der Waals surface area contributed by atoms with E-state index in [1.54, 1.807) is 31.7 Å². The highest BCUT2D eigenvalue weighted by atomic mass is 35.5. The summed E-state index contributed by atoms with van der Waals surface area (Å²) in [6, 6.07) is 11.1.